The highest BCUT2D eigenvalue weighted by Gasteiger charge is 2.02. The molecule has 0 bridgehead atoms. The molecule has 16 heavy (non-hydrogen) atoms. The van der Waals surface area contributed by atoms with Crippen LogP contribution in [-0.2, 0) is 0 Å². The van der Waals surface area contributed by atoms with Crippen LogP contribution in [0.4, 0.5) is 0 Å². The van der Waals surface area contributed by atoms with Crippen LogP contribution < -0.4 is 4.74 Å². The molecule has 0 fully saturated rings. The summed E-state index contributed by atoms with van der Waals surface area (Å²) in [5, 5.41) is 0. The Morgan fingerprint density at radius 2 is 2.19 bits per heavy atom. The van der Waals surface area contributed by atoms with E-state index in [1.54, 1.807) is 18.6 Å². The van der Waals surface area contributed by atoms with Crippen molar-refractivity contribution in [3.05, 3.63) is 55.6 Å². The number of ether oxygens (including phenoxy) is 1. The van der Waals surface area contributed by atoms with Crippen molar-refractivity contribution in [1.29, 1.82) is 0 Å². The summed E-state index contributed by atoms with van der Waals surface area (Å²) in [5.74, 6) is 0.829. The maximum absolute atomic E-state index is 5.54. The molecule has 0 amide bonds. The lowest BCUT2D eigenvalue weighted by Crippen LogP contribution is -1.98. The summed E-state index contributed by atoms with van der Waals surface area (Å²) in [6, 6.07) is 7.83. The molecule has 0 atom stereocenters. The van der Waals surface area contributed by atoms with Crippen molar-refractivity contribution in [1.82, 2.24) is 9.55 Å². The normalized spacial score (nSPS) is 9.25. The third-order valence-corrected chi connectivity index (χ3v) is 2.00. The van der Waals surface area contributed by atoms with E-state index in [1.165, 1.54) is 0 Å². The van der Waals surface area contributed by atoms with Crippen LogP contribution in [0.2, 0.25) is 0 Å². The average molecular weight is 237 g/mol. The first-order valence-corrected chi connectivity index (χ1v) is 4.73. The van der Waals surface area contributed by atoms with Crippen LogP contribution in [0.1, 0.15) is 0 Å². The molecule has 2 rings (SSSR count). The summed E-state index contributed by atoms with van der Waals surface area (Å²) in [6.45, 7) is 4.13. The van der Waals surface area contributed by atoms with Crippen molar-refractivity contribution in [2.24, 2.45) is 0 Å². The summed E-state index contributed by atoms with van der Waals surface area (Å²) < 4.78 is 7.46. The van der Waals surface area contributed by atoms with Gasteiger partial charge in [0.2, 0.25) is 0 Å². The maximum atomic E-state index is 5.54. The minimum atomic E-state index is 0. The molecular weight excluding hydrogens is 224 g/mol. The fourth-order valence-electron chi connectivity index (χ4n) is 1.34. The minimum Gasteiger partial charge on any atom is -0.487 e. The number of nitrogens with zero attached hydrogens (tertiary/aromatic N) is 2. The molecule has 0 saturated heterocycles. The zero-order valence-electron chi connectivity index (χ0n) is 8.74. The van der Waals surface area contributed by atoms with Gasteiger partial charge in [-0.3, -0.25) is 0 Å². The zero-order chi connectivity index (χ0) is 10.5. The molecule has 0 saturated carbocycles. The molecule has 0 aliphatic rings. The standard InChI is InChI=1S/C12H12N2O.ClH/c1-2-9-15-12-6-4-3-5-11(12)14-8-7-13-10-14;/h2-8,10H,1,9H2;1H. The van der Waals surface area contributed by atoms with E-state index in [9.17, 15) is 0 Å². The first-order chi connectivity index (χ1) is 7.42. The van der Waals surface area contributed by atoms with Gasteiger partial charge in [-0.25, -0.2) is 4.98 Å². The van der Waals surface area contributed by atoms with Crippen molar-refractivity contribution < 1.29 is 4.74 Å². The number of para-hydroxylation sites is 2. The van der Waals surface area contributed by atoms with Gasteiger partial charge in [0.15, 0.2) is 0 Å². The van der Waals surface area contributed by atoms with Crippen LogP contribution in [0.3, 0.4) is 0 Å². The summed E-state index contributed by atoms with van der Waals surface area (Å²) in [4.78, 5) is 4.01. The number of hydrogen-bond acceptors (Lipinski definition) is 2. The van der Waals surface area contributed by atoms with E-state index in [4.69, 9.17) is 4.74 Å². The molecule has 1 aromatic carbocycles. The minimum absolute atomic E-state index is 0. The molecule has 0 radical (unpaired) electrons. The lowest BCUT2D eigenvalue weighted by Gasteiger charge is -2.09. The first-order valence-electron chi connectivity index (χ1n) is 4.73. The SMILES string of the molecule is C=CCOc1ccccc1-n1ccnc1.Cl. The predicted octanol–water partition coefficient (Wildman–Crippen LogP) is 2.86. The molecule has 4 heteroatoms. The Morgan fingerprint density at radius 3 is 2.88 bits per heavy atom. The number of hydrogen-bond donors (Lipinski definition) is 0. The number of aromatic nitrogens is 2. The van der Waals surface area contributed by atoms with Gasteiger partial charge in [-0.05, 0) is 12.1 Å². The van der Waals surface area contributed by atoms with Crippen molar-refractivity contribution in [3.63, 3.8) is 0 Å². The van der Waals surface area contributed by atoms with E-state index in [1.807, 2.05) is 35.0 Å². The van der Waals surface area contributed by atoms with Gasteiger partial charge in [-0.15, -0.1) is 12.4 Å². The maximum Gasteiger partial charge on any atom is 0.143 e. The Labute approximate surface area is 101 Å². The molecule has 1 aromatic heterocycles. The molecule has 0 unspecified atom stereocenters. The highest BCUT2D eigenvalue weighted by Crippen LogP contribution is 2.21. The van der Waals surface area contributed by atoms with Gasteiger partial charge >= 0.3 is 0 Å². The van der Waals surface area contributed by atoms with Crippen molar-refractivity contribution >= 4 is 12.4 Å². The summed E-state index contributed by atoms with van der Waals surface area (Å²) in [5.41, 5.74) is 0.983. The number of rotatable bonds is 4. The topological polar surface area (TPSA) is 27.1 Å². The van der Waals surface area contributed by atoms with E-state index in [-0.39, 0.29) is 12.4 Å². The summed E-state index contributed by atoms with van der Waals surface area (Å²) in [6.07, 6.45) is 7.10. The van der Waals surface area contributed by atoms with Gasteiger partial charge in [0.1, 0.15) is 12.4 Å². The van der Waals surface area contributed by atoms with E-state index >= 15 is 0 Å². The summed E-state index contributed by atoms with van der Waals surface area (Å²) >= 11 is 0. The van der Waals surface area contributed by atoms with Crippen molar-refractivity contribution in [3.8, 4) is 11.4 Å². The van der Waals surface area contributed by atoms with Crippen LogP contribution in [0.5, 0.6) is 5.75 Å². The zero-order valence-corrected chi connectivity index (χ0v) is 9.56. The molecule has 1 heterocycles. The molecule has 0 aliphatic heterocycles. The van der Waals surface area contributed by atoms with Crippen molar-refractivity contribution in [2.45, 2.75) is 0 Å². The third-order valence-electron chi connectivity index (χ3n) is 2.00. The largest absolute Gasteiger partial charge is 0.487 e. The van der Waals surface area contributed by atoms with E-state index in [0.717, 1.165) is 11.4 Å². The predicted molar refractivity (Wildman–Crippen MR) is 66.5 cm³/mol. The van der Waals surface area contributed by atoms with Crippen molar-refractivity contribution in [2.75, 3.05) is 6.61 Å². The molecule has 0 spiro atoms. The van der Waals surface area contributed by atoms with Crippen LogP contribution in [0.15, 0.2) is 55.6 Å². The quantitative estimate of drug-likeness (QED) is 0.764. The van der Waals surface area contributed by atoms with E-state index in [2.05, 4.69) is 11.6 Å². The lowest BCUT2D eigenvalue weighted by molar-refractivity contribution is 0.362. The highest BCUT2D eigenvalue weighted by atomic mass is 35.5. The third kappa shape index (κ3) is 2.64. The van der Waals surface area contributed by atoms with Gasteiger partial charge in [0, 0.05) is 12.4 Å². The van der Waals surface area contributed by atoms with Crippen LogP contribution in [0, 0.1) is 0 Å². The van der Waals surface area contributed by atoms with Gasteiger partial charge in [-0.1, -0.05) is 24.8 Å². The lowest BCUT2D eigenvalue weighted by atomic mass is 10.3. The summed E-state index contributed by atoms with van der Waals surface area (Å²) in [7, 11) is 0. The Bertz CT molecular complexity index is 440. The second kappa shape index (κ2) is 5.98. The second-order valence-electron chi connectivity index (χ2n) is 3.04. The molecule has 0 N–H and O–H groups in total. The Hall–Kier alpha value is -1.74. The number of halogens is 1. The monoisotopic (exact) mass is 236 g/mol. The average Bonchev–Trinajstić information content (AvgIpc) is 2.80. The fourth-order valence-corrected chi connectivity index (χ4v) is 1.34. The molecular formula is C12H13ClN2O. The Kier molecular flexibility index (Phi) is 4.61. The molecule has 2 aromatic rings. The second-order valence-corrected chi connectivity index (χ2v) is 3.04. The van der Waals surface area contributed by atoms with Gasteiger partial charge < -0.3 is 9.30 Å². The molecule has 3 nitrogen and oxygen atoms in total. The van der Waals surface area contributed by atoms with Gasteiger partial charge in [0.05, 0.1) is 12.0 Å². The number of imidazole rings is 1. The van der Waals surface area contributed by atoms with Crippen LogP contribution >= 0.6 is 12.4 Å². The van der Waals surface area contributed by atoms with Gasteiger partial charge in [-0.2, -0.15) is 0 Å². The number of benzene rings is 1. The van der Waals surface area contributed by atoms with E-state index < -0.39 is 0 Å². The first kappa shape index (κ1) is 12.3. The fraction of sp³-hybridized carbons (Fsp3) is 0.0833. The molecule has 0 aliphatic carbocycles. The highest BCUT2D eigenvalue weighted by molar-refractivity contribution is 5.85. The van der Waals surface area contributed by atoms with E-state index in [0.29, 0.717) is 6.61 Å². The Balaban J connectivity index is 0.00000128. The van der Waals surface area contributed by atoms with Gasteiger partial charge in [0.25, 0.3) is 0 Å². The smallest absolute Gasteiger partial charge is 0.143 e. The van der Waals surface area contributed by atoms with Crippen LogP contribution in [0.25, 0.3) is 5.69 Å². The molecule has 84 valence electrons. The Morgan fingerprint density at radius 1 is 1.38 bits per heavy atom. The van der Waals surface area contributed by atoms with Crippen LogP contribution in [-0.4, -0.2) is 16.2 Å².